The Kier molecular flexibility index (Phi) is 4.79. The molecule has 2 aromatic rings. The van der Waals surface area contributed by atoms with Gasteiger partial charge in [-0.1, -0.05) is 42.5 Å². The zero-order valence-electron chi connectivity index (χ0n) is 13.4. The van der Waals surface area contributed by atoms with Gasteiger partial charge in [0, 0.05) is 18.7 Å². The maximum absolute atomic E-state index is 12.8. The molecule has 0 spiro atoms. The van der Waals surface area contributed by atoms with Crippen LogP contribution in [0.1, 0.15) is 40.4 Å². The Morgan fingerprint density at radius 2 is 1.79 bits per heavy atom. The van der Waals surface area contributed by atoms with Gasteiger partial charge in [0.2, 0.25) is 0 Å². The topological polar surface area (TPSA) is 75.4 Å². The monoisotopic (exact) mass is 323 g/mol. The summed E-state index contributed by atoms with van der Waals surface area (Å²) in [6, 6.07) is 17.1. The van der Waals surface area contributed by atoms with E-state index >= 15 is 0 Å². The molecule has 0 bridgehead atoms. The third-order valence-electron chi connectivity index (χ3n) is 4.37. The molecule has 5 heteroatoms. The number of nitrogens with zero attached hydrogens (tertiary/aromatic N) is 1. The molecule has 2 aromatic carbocycles. The number of benzene rings is 2. The van der Waals surface area contributed by atoms with E-state index in [2.05, 4.69) is 17.4 Å². The van der Waals surface area contributed by atoms with Crippen LogP contribution in [0.5, 0.6) is 0 Å². The second kappa shape index (κ2) is 7.17. The Labute approximate surface area is 141 Å². The fraction of sp³-hybridized carbons (Fsp3) is 0.263. The number of likely N-dealkylation sites (tertiary alicyclic amines) is 1. The number of urea groups is 1. The molecule has 0 saturated carbocycles. The summed E-state index contributed by atoms with van der Waals surface area (Å²) in [6.07, 6.45) is 2.02. The van der Waals surface area contributed by atoms with Crippen LogP contribution >= 0.6 is 0 Å². The zero-order chi connectivity index (χ0) is 16.9. The maximum Gasteiger partial charge on any atom is 0.312 e. The second-order valence-corrected chi connectivity index (χ2v) is 5.98. The van der Waals surface area contributed by atoms with E-state index in [1.807, 2.05) is 35.2 Å². The predicted octanol–water partition coefficient (Wildman–Crippen LogP) is 2.83. The highest BCUT2D eigenvalue weighted by atomic mass is 16.2. The average Bonchev–Trinajstić information content (AvgIpc) is 3.10. The predicted molar refractivity (Wildman–Crippen MR) is 92.3 cm³/mol. The van der Waals surface area contributed by atoms with Gasteiger partial charge >= 0.3 is 6.03 Å². The lowest BCUT2D eigenvalue weighted by Gasteiger charge is -2.25. The molecule has 1 unspecified atom stereocenters. The van der Waals surface area contributed by atoms with E-state index < -0.39 is 6.03 Å². The highest BCUT2D eigenvalue weighted by molar-refractivity contribution is 5.94. The van der Waals surface area contributed by atoms with Gasteiger partial charge in [-0.25, -0.2) is 4.79 Å². The molecule has 3 rings (SSSR count). The van der Waals surface area contributed by atoms with Gasteiger partial charge in [-0.15, -0.1) is 0 Å². The van der Waals surface area contributed by atoms with Gasteiger partial charge in [-0.3, -0.25) is 4.79 Å². The normalized spacial score (nSPS) is 16.8. The summed E-state index contributed by atoms with van der Waals surface area (Å²) in [6.45, 7) is 1.14. The van der Waals surface area contributed by atoms with E-state index in [1.54, 1.807) is 12.1 Å². The Morgan fingerprint density at radius 3 is 2.46 bits per heavy atom. The van der Waals surface area contributed by atoms with Crippen molar-refractivity contribution in [3.63, 3.8) is 0 Å². The molecule has 1 heterocycles. The highest BCUT2D eigenvalue weighted by Gasteiger charge is 2.30. The molecule has 0 aliphatic carbocycles. The number of nitrogens with two attached hydrogens (primary N) is 1. The fourth-order valence-electron chi connectivity index (χ4n) is 3.15. The molecule has 1 fully saturated rings. The smallest absolute Gasteiger partial charge is 0.312 e. The third-order valence-corrected chi connectivity index (χ3v) is 4.37. The number of hydrogen-bond acceptors (Lipinski definition) is 2. The molecule has 124 valence electrons. The number of nitrogens with one attached hydrogen (secondary N) is 1. The van der Waals surface area contributed by atoms with Crippen molar-refractivity contribution in [1.29, 1.82) is 0 Å². The first kappa shape index (κ1) is 16.1. The van der Waals surface area contributed by atoms with E-state index in [1.165, 1.54) is 5.56 Å². The molecule has 5 nitrogen and oxygen atoms in total. The SMILES string of the molecule is NC(=O)NCc1ccc(C(=O)N2CCCC2c2ccccc2)cc1. The molecular weight excluding hydrogens is 302 g/mol. The highest BCUT2D eigenvalue weighted by Crippen LogP contribution is 2.32. The molecule has 3 N–H and O–H groups in total. The first-order valence-corrected chi connectivity index (χ1v) is 8.13. The number of primary amides is 1. The molecule has 1 saturated heterocycles. The van der Waals surface area contributed by atoms with Crippen LogP contribution in [0.15, 0.2) is 54.6 Å². The zero-order valence-corrected chi connectivity index (χ0v) is 13.4. The van der Waals surface area contributed by atoms with E-state index in [4.69, 9.17) is 5.73 Å². The largest absolute Gasteiger partial charge is 0.352 e. The van der Waals surface area contributed by atoms with Crippen molar-refractivity contribution >= 4 is 11.9 Å². The fourth-order valence-corrected chi connectivity index (χ4v) is 3.15. The minimum absolute atomic E-state index is 0.0516. The van der Waals surface area contributed by atoms with E-state index in [0.29, 0.717) is 12.1 Å². The number of hydrogen-bond donors (Lipinski definition) is 2. The first-order valence-electron chi connectivity index (χ1n) is 8.13. The maximum atomic E-state index is 12.8. The molecule has 0 aromatic heterocycles. The van der Waals surface area contributed by atoms with Crippen LogP contribution in [0, 0.1) is 0 Å². The van der Waals surface area contributed by atoms with Crippen LogP contribution in [0.3, 0.4) is 0 Å². The third kappa shape index (κ3) is 3.56. The van der Waals surface area contributed by atoms with Gasteiger partial charge in [0.25, 0.3) is 5.91 Å². The van der Waals surface area contributed by atoms with Crippen molar-refractivity contribution < 1.29 is 9.59 Å². The Hall–Kier alpha value is -2.82. The summed E-state index contributed by atoms with van der Waals surface area (Å²) in [4.78, 5) is 25.5. The van der Waals surface area contributed by atoms with Crippen molar-refractivity contribution in [2.75, 3.05) is 6.54 Å². The minimum atomic E-state index is -0.557. The van der Waals surface area contributed by atoms with Gasteiger partial charge in [-0.05, 0) is 36.1 Å². The molecular formula is C19H21N3O2. The quantitative estimate of drug-likeness (QED) is 0.908. The second-order valence-electron chi connectivity index (χ2n) is 5.98. The van der Waals surface area contributed by atoms with Gasteiger partial charge < -0.3 is 16.0 Å². The molecule has 1 aliphatic rings. The lowest BCUT2D eigenvalue weighted by atomic mass is 10.0. The van der Waals surface area contributed by atoms with Gasteiger partial charge in [0.05, 0.1) is 6.04 Å². The summed E-state index contributed by atoms with van der Waals surface area (Å²) in [7, 11) is 0. The van der Waals surface area contributed by atoms with Crippen molar-refractivity contribution in [2.45, 2.75) is 25.4 Å². The van der Waals surface area contributed by atoms with Gasteiger partial charge in [0.1, 0.15) is 0 Å². The van der Waals surface area contributed by atoms with E-state index in [9.17, 15) is 9.59 Å². The van der Waals surface area contributed by atoms with Gasteiger partial charge in [-0.2, -0.15) is 0 Å². The molecule has 1 atom stereocenters. The Morgan fingerprint density at radius 1 is 1.08 bits per heavy atom. The lowest BCUT2D eigenvalue weighted by molar-refractivity contribution is 0.0735. The summed E-state index contributed by atoms with van der Waals surface area (Å²) in [5.74, 6) is 0.0516. The minimum Gasteiger partial charge on any atom is -0.352 e. The summed E-state index contributed by atoms with van der Waals surface area (Å²) >= 11 is 0. The van der Waals surface area contributed by atoms with Crippen LogP contribution in [-0.4, -0.2) is 23.4 Å². The van der Waals surface area contributed by atoms with Crippen molar-refractivity contribution in [3.8, 4) is 0 Å². The molecule has 0 radical (unpaired) electrons. The van der Waals surface area contributed by atoms with Crippen LogP contribution < -0.4 is 11.1 Å². The van der Waals surface area contributed by atoms with Crippen LogP contribution in [0.2, 0.25) is 0 Å². The molecule has 1 aliphatic heterocycles. The number of carbonyl (C=O) groups excluding carboxylic acids is 2. The van der Waals surface area contributed by atoms with Crippen LogP contribution in [0.25, 0.3) is 0 Å². The number of rotatable bonds is 4. The average molecular weight is 323 g/mol. The number of amides is 3. The number of carbonyl (C=O) groups is 2. The summed E-state index contributed by atoms with van der Waals surface area (Å²) in [5.41, 5.74) is 7.82. The Balaban J connectivity index is 1.72. The van der Waals surface area contributed by atoms with E-state index in [0.717, 1.165) is 24.9 Å². The molecule has 24 heavy (non-hydrogen) atoms. The van der Waals surface area contributed by atoms with Crippen molar-refractivity contribution in [3.05, 3.63) is 71.3 Å². The summed E-state index contributed by atoms with van der Waals surface area (Å²) < 4.78 is 0. The lowest BCUT2D eigenvalue weighted by Crippen LogP contribution is -2.30. The van der Waals surface area contributed by atoms with E-state index in [-0.39, 0.29) is 11.9 Å². The van der Waals surface area contributed by atoms with Crippen molar-refractivity contribution in [2.24, 2.45) is 5.73 Å². The van der Waals surface area contributed by atoms with Crippen LogP contribution in [-0.2, 0) is 6.54 Å². The van der Waals surface area contributed by atoms with Crippen molar-refractivity contribution in [1.82, 2.24) is 10.2 Å². The first-order chi connectivity index (χ1) is 11.6. The summed E-state index contributed by atoms with van der Waals surface area (Å²) in [5, 5.41) is 2.54. The Bertz CT molecular complexity index is 713. The van der Waals surface area contributed by atoms with Crippen LogP contribution in [0.4, 0.5) is 4.79 Å². The molecule has 3 amide bonds. The standard InChI is InChI=1S/C19H21N3O2/c20-19(24)21-13-14-8-10-16(11-9-14)18(23)22-12-4-7-17(22)15-5-2-1-3-6-15/h1-3,5-6,8-11,17H,4,7,12-13H2,(H3,20,21,24). The van der Waals surface area contributed by atoms with Gasteiger partial charge in [0.15, 0.2) is 0 Å².